The van der Waals surface area contributed by atoms with Gasteiger partial charge in [0.25, 0.3) is 5.91 Å². The van der Waals surface area contributed by atoms with Crippen LogP contribution < -0.4 is 10.1 Å². The van der Waals surface area contributed by atoms with Crippen molar-refractivity contribution in [2.45, 2.75) is 13.8 Å². The number of carbonyl (C=O) groups excluding carboxylic acids is 1. The molecule has 1 N–H and O–H groups in total. The highest BCUT2D eigenvalue weighted by atomic mass is 79.9. The summed E-state index contributed by atoms with van der Waals surface area (Å²) >= 11 is 15.2. The zero-order valence-corrected chi connectivity index (χ0v) is 15.1. The van der Waals surface area contributed by atoms with Gasteiger partial charge in [0, 0.05) is 10.2 Å². The molecule has 2 rings (SSSR count). The van der Waals surface area contributed by atoms with E-state index in [1.54, 1.807) is 18.2 Å². The number of hydrogen-bond acceptors (Lipinski definition) is 2. The summed E-state index contributed by atoms with van der Waals surface area (Å²) in [6.07, 6.45) is 0. The highest BCUT2D eigenvalue weighted by Crippen LogP contribution is 2.27. The van der Waals surface area contributed by atoms with Crippen molar-refractivity contribution in [2.75, 3.05) is 11.9 Å². The number of amides is 1. The number of halogens is 3. The zero-order valence-electron chi connectivity index (χ0n) is 12.0. The van der Waals surface area contributed by atoms with E-state index >= 15 is 0 Å². The maximum atomic E-state index is 12.0. The molecule has 6 heteroatoms. The Labute approximate surface area is 147 Å². The molecule has 0 bridgehead atoms. The minimum atomic E-state index is -0.264. The van der Waals surface area contributed by atoms with Crippen LogP contribution in [0.25, 0.3) is 0 Å². The van der Waals surface area contributed by atoms with Gasteiger partial charge in [0.05, 0.1) is 10.0 Å². The topological polar surface area (TPSA) is 38.3 Å². The molecular weight excluding hydrogens is 389 g/mol. The minimum absolute atomic E-state index is 0.0798. The van der Waals surface area contributed by atoms with Gasteiger partial charge in [-0.05, 0) is 55.3 Å². The van der Waals surface area contributed by atoms with Gasteiger partial charge < -0.3 is 10.1 Å². The third-order valence-electron chi connectivity index (χ3n) is 2.98. The molecule has 0 aliphatic carbocycles. The van der Waals surface area contributed by atoms with E-state index in [0.29, 0.717) is 21.5 Å². The van der Waals surface area contributed by atoms with Crippen LogP contribution in [0.1, 0.15) is 11.1 Å². The molecular formula is C16H14BrCl2NO2. The van der Waals surface area contributed by atoms with Gasteiger partial charge in [0.2, 0.25) is 0 Å². The quantitative estimate of drug-likeness (QED) is 0.744. The van der Waals surface area contributed by atoms with E-state index in [2.05, 4.69) is 21.2 Å². The van der Waals surface area contributed by atoms with Gasteiger partial charge in [-0.15, -0.1) is 0 Å². The Morgan fingerprint density at radius 3 is 2.36 bits per heavy atom. The van der Waals surface area contributed by atoms with Crippen LogP contribution in [0.2, 0.25) is 10.0 Å². The minimum Gasteiger partial charge on any atom is -0.483 e. The number of nitrogens with one attached hydrogen (secondary N) is 1. The third-order valence-corrected chi connectivity index (χ3v) is 4.17. The molecule has 22 heavy (non-hydrogen) atoms. The van der Waals surface area contributed by atoms with Crippen LogP contribution in [-0.4, -0.2) is 12.5 Å². The van der Waals surface area contributed by atoms with Crippen molar-refractivity contribution >= 4 is 50.7 Å². The van der Waals surface area contributed by atoms with Crippen LogP contribution in [0.15, 0.2) is 34.8 Å². The average Bonchev–Trinajstić information content (AvgIpc) is 2.41. The van der Waals surface area contributed by atoms with E-state index in [0.717, 1.165) is 15.6 Å². The van der Waals surface area contributed by atoms with Crippen LogP contribution in [0.3, 0.4) is 0 Å². The summed E-state index contributed by atoms with van der Waals surface area (Å²) < 4.78 is 6.60. The van der Waals surface area contributed by atoms with Crippen LogP contribution in [0.5, 0.6) is 5.75 Å². The second-order valence-corrected chi connectivity index (χ2v) is 6.56. The summed E-state index contributed by atoms with van der Waals surface area (Å²) in [4.78, 5) is 12.0. The van der Waals surface area contributed by atoms with Crippen molar-refractivity contribution in [1.82, 2.24) is 0 Å². The fourth-order valence-corrected chi connectivity index (χ4v) is 3.02. The van der Waals surface area contributed by atoms with Gasteiger partial charge in [0.1, 0.15) is 5.75 Å². The lowest BCUT2D eigenvalue weighted by Gasteiger charge is -2.13. The van der Waals surface area contributed by atoms with Crippen molar-refractivity contribution in [2.24, 2.45) is 0 Å². The Kier molecular flexibility index (Phi) is 5.73. The fourth-order valence-electron chi connectivity index (χ4n) is 2.03. The molecule has 0 radical (unpaired) electrons. The van der Waals surface area contributed by atoms with E-state index in [4.69, 9.17) is 27.9 Å². The van der Waals surface area contributed by atoms with E-state index in [1.165, 1.54) is 0 Å². The van der Waals surface area contributed by atoms with Crippen LogP contribution in [0, 0.1) is 13.8 Å². The van der Waals surface area contributed by atoms with Gasteiger partial charge in [-0.25, -0.2) is 0 Å². The van der Waals surface area contributed by atoms with Crippen LogP contribution >= 0.6 is 39.1 Å². The molecule has 0 heterocycles. The van der Waals surface area contributed by atoms with Crippen LogP contribution in [-0.2, 0) is 4.79 Å². The third kappa shape index (κ3) is 4.38. The Morgan fingerprint density at radius 1 is 1.14 bits per heavy atom. The molecule has 0 atom stereocenters. The maximum Gasteiger partial charge on any atom is 0.262 e. The van der Waals surface area contributed by atoms with E-state index < -0.39 is 0 Å². The summed E-state index contributed by atoms with van der Waals surface area (Å²) in [7, 11) is 0. The lowest BCUT2D eigenvalue weighted by atomic mass is 10.1. The summed E-state index contributed by atoms with van der Waals surface area (Å²) in [5.41, 5.74) is 2.51. The fraction of sp³-hybridized carbons (Fsp3) is 0.188. The Bertz CT molecular complexity index is 696. The van der Waals surface area contributed by atoms with Crippen LogP contribution in [0.4, 0.5) is 5.69 Å². The number of aryl methyl sites for hydroxylation is 2. The molecule has 0 aliphatic rings. The molecule has 0 saturated heterocycles. The molecule has 0 spiro atoms. The number of rotatable bonds is 4. The first-order chi connectivity index (χ1) is 10.4. The van der Waals surface area contributed by atoms with Crippen molar-refractivity contribution < 1.29 is 9.53 Å². The van der Waals surface area contributed by atoms with Crippen molar-refractivity contribution in [1.29, 1.82) is 0 Å². The van der Waals surface area contributed by atoms with Gasteiger partial charge in [-0.1, -0.05) is 39.1 Å². The molecule has 0 aliphatic heterocycles. The molecule has 116 valence electrons. The normalized spacial score (nSPS) is 10.4. The van der Waals surface area contributed by atoms with Gasteiger partial charge in [-0.3, -0.25) is 4.79 Å². The number of hydrogen-bond donors (Lipinski definition) is 1. The van der Waals surface area contributed by atoms with Gasteiger partial charge in [-0.2, -0.15) is 0 Å². The van der Waals surface area contributed by atoms with E-state index in [1.807, 2.05) is 26.0 Å². The predicted molar refractivity (Wildman–Crippen MR) is 94.2 cm³/mol. The Morgan fingerprint density at radius 2 is 1.77 bits per heavy atom. The molecule has 0 saturated carbocycles. The lowest BCUT2D eigenvalue weighted by Crippen LogP contribution is -2.20. The monoisotopic (exact) mass is 401 g/mol. The maximum absolute atomic E-state index is 12.0. The summed E-state index contributed by atoms with van der Waals surface area (Å²) in [5, 5.41) is 3.54. The molecule has 1 amide bonds. The first-order valence-corrected chi connectivity index (χ1v) is 8.06. The van der Waals surface area contributed by atoms with E-state index in [-0.39, 0.29) is 12.5 Å². The van der Waals surface area contributed by atoms with E-state index in [9.17, 15) is 4.79 Å². The lowest BCUT2D eigenvalue weighted by molar-refractivity contribution is -0.118. The summed E-state index contributed by atoms with van der Waals surface area (Å²) in [6, 6.07) is 8.79. The van der Waals surface area contributed by atoms with Crippen molar-refractivity contribution in [3.8, 4) is 5.75 Å². The average molecular weight is 403 g/mol. The highest BCUT2D eigenvalue weighted by Gasteiger charge is 2.09. The highest BCUT2D eigenvalue weighted by molar-refractivity contribution is 9.10. The molecule has 0 aromatic heterocycles. The number of carbonyl (C=O) groups is 1. The predicted octanol–water partition coefficient (Wildman–Crippen LogP) is 5.39. The first-order valence-electron chi connectivity index (χ1n) is 6.51. The molecule has 2 aromatic rings. The molecule has 0 unspecified atom stereocenters. The Hall–Kier alpha value is -1.23. The Balaban J connectivity index is 2.00. The number of anilines is 1. The summed E-state index contributed by atoms with van der Waals surface area (Å²) in [5.74, 6) is 0.451. The number of benzene rings is 2. The standard InChI is InChI=1S/C16H14BrCl2NO2/c1-9-5-11(17)6-10(2)16(9)22-8-15(21)20-12-3-4-13(18)14(19)7-12/h3-7H,8H2,1-2H3,(H,20,21). The second kappa shape index (κ2) is 7.36. The first kappa shape index (κ1) is 17.1. The van der Waals surface area contributed by atoms with Gasteiger partial charge in [0.15, 0.2) is 6.61 Å². The van der Waals surface area contributed by atoms with Crippen molar-refractivity contribution in [3.05, 3.63) is 56.0 Å². The summed E-state index contributed by atoms with van der Waals surface area (Å²) in [6.45, 7) is 3.79. The SMILES string of the molecule is Cc1cc(Br)cc(C)c1OCC(=O)Nc1ccc(Cl)c(Cl)c1. The van der Waals surface area contributed by atoms with Crippen molar-refractivity contribution in [3.63, 3.8) is 0 Å². The second-order valence-electron chi connectivity index (χ2n) is 4.83. The van der Waals surface area contributed by atoms with Gasteiger partial charge >= 0.3 is 0 Å². The number of ether oxygens (including phenoxy) is 1. The smallest absolute Gasteiger partial charge is 0.262 e. The molecule has 2 aromatic carbocycles. The largest absolute Gasteiger partial charge is 0.483 e. The molecule has 3 nitrogen and oxygen atoms in total. The molecule has 0 fully saturated rings. The zero-order chi connectivity index (χ0) is 16.3.